The van der Waals surface area contributed by atoms with Crippen molar-refractivity contribution in [3.05, 3.63) is 78.4 Å². The van der Waals surface area contributed by atoms with Crippen molar-refractivity contribution in [3.63, 3.8) is 0 Å². The Kier molecular flexibility index (Phi) is 3.62. The van der Waals surface area contributed by atoms with Crippen LogP contribution in [0, 0.1) is 6.92 Å². The van der Waals surface area contributed by atoms with Gasteiger partial charge in [0.15, 0.2) is 0 Å². The summed E-state index contributed by atoms with van der Waals surface area (Å²) >= 11 is 0. The van der Waals surface area contributed by atoms with Crippen LogP contribution in [0.3, 0.4) is 0 Å². The molecule has 3 aromatic rings. The number of benzene rings is 3. The summed E-state index contributed by atoms with van der Waals surface area (Å²) in [4.78, 5) is 0. The monoisotopic (exact) mass is 344 g/mol. The standard InChI is InChI=1S/C23H24OSi/c1-17-14-15-20-19-12-8-9-13-21(19)24-25(22(20)16-17,23(2,3)4)18-10-6-5-7-11-18/h5-16H,1-4H3/t25-/m1/s1. The SMILES string of the molecule is Cc1ccc2c(c1)[Si@](c1ccccc1)(C(C)(C)C)Oc1ccccc1-2. The minimum atomic E-state index is -2.46. The first-order valence-corrected chi connectivity index (χ1v) is 10.8. The van der Waals surface area contributed by atoms with E-state index in [1.54, 1.807) is 0 Å². The predicted molar refractivity (Wildman–Crippen MR) is 108 cm³/mol. The highest BCUT2D eigenvalue weighted by Crippen LogP contribution is 2.45. The van der Waals surface area contributed by atoms with Gasteiger partial charge in [-0.2, -0.15) is 0 Å². The molecule has 1 aliphatic heterocycles. The van der Waals surface area contributed by atoms with Gasteiger partial charge in [-0.1, -0.05) is 93.1 Å². The van der Waals surface area contributed by atoms with E-state index in [2.05, 4.69) is 100 Å². The van der Waals surface area contributed by atoms with E-state index >= 15 is 0 Å². The zero-order chi connectivity index (χ0) is 17.7. The van der Waals surface area contributed by atoms with Crippen molar-refractivity contribution in [2.24, 2.45) is 0 Å². The molecule has 1 atom stereocenters. The topological polar surface area (TPSA) is 9.23 Å². The molecule has 0 fully saturated rings. The quantitative estimate of drug-likeness (QED) is 0.570. The first kappa shape index (κ1) is 16.2. The summed E-state index contributed by atoms with van der Waals surface area (Å²) in [5, 5.41) is 2.75. The van der Waals surface area contributed by atoms with Crippen LogP contribution in [-0.4, -0.2) is 8.32 Å². The second kappa shape index (κ2) is 5.60. The second-order valence-corrected chi connectivity index (χ2v) is 12.1. The molecule has 0 saturated heterocycles. The third-order valence-electron chi connectivity index (χ3n) is 5.23. The Balaban J connectivity index is 2.12. The summed E-state index contributed by atoms with van der Waals surface area (Å²) in [6.07, 6.45) is 0. The molecular formula is C23H24OSi. The van der Waals surface area contributed by atoms with E-state index in [1.807, 2.05) is 0 Å². The average molecular weight is 345 g/mol. The summed E-state index contributed by atoms with van der Waals surface area (Å²) in [5.74, 6) is 1.02. The van der Waals surface area contributed by atoms with Crippen LogP contribution < -0.4 is 14.8 Å². The molecule has 4 rings (SSSR count). The van der Waals surface area contributed by atoms with Crippen LogP contribution in [0.25, 0.3) is 11.1 Å². The van der Waals surface area contributed by atoms with Gasteiger partial charge in [-0.15, -0.1) is 0 Å². The van der Waals surface area contributed by atoms with Crippen molar-refractivity contribution in [2.45, 2.75) is 32.7 Å². The molecule has 0 unspecified atom stereocenters. The molecule has 1 aliphatic rings. The molecule has 0 saturated carbocycles. The average Bonchev–Trinajstić information content (AvgIpc) is 2.60. The van der Waals surface area contributed by atoms with Gasteiger partial charge in [-0.3, -0.25) is 0 Å². The Labute approximate surface area is 151 Å². The second-order valence-electron chi connectivity index (χ2n) is 7.94. The van der Waals surface area contributed by atoms with Gasteiger partial charge in [0.25, 0.3) is 0 Å². The van der Waals surface area contributed by atoms with E-state index in [9.17, 15) is 0 Å². The molecule has 25 heavy (non-hydrogen) atoms. The molecule has 1 nitrogen and oxygen atoms in total. The predicted octanol–water partition coefficient (Wildman–Crippen LogP) is 4.91. The van der Waals surface area contributed by atoms with Crippen LogP contribution in [0.1, 0.15) is 26.3 Å². The van der Waals surface area contributed by atoms with E-state index < -0.39 is 8.32 Å². The van der Waals surface area contributed by atoms with Gasteiger partial charge >= 0.3 is 8.32 Å². The number of hydrogen-bond acceptors (Lipinski definition) is 1. The van der Waals surface area contributed by atoms with Crippen molar-refractivity contribution in [3.8, 4) is 16.9 Å². The Morgan fingerprint density at radius 2 is 1.44 bits per heavy atom. The zero-order valence-corrected chi connectivity index (χ0v) is 16.3. The molecule has 0 aliphatic carbocycles. The van der Waals surface area contributed by atoms with Crippen molar-refractivity contribution >= 4 is 18.7 Å². The molecular weight excluding hydrogens is 320 g/mol. The fourth-order valence-electron chi connectivity index (χ4n) is 4.06. The normalized spacial score (nSPS) is 18.9. The summed E-state index contributed by atoms with van der Waals surface area (Å²) in [7, 11) is -2.46. The molecule has 0 bridgehead atoms. The molecule has 0 N–H and O–H groups in total. The molecule has 0 spiro atoms. The molecule has 0 radical (unpaired) electrons. The van der Waals surface area contributed by atoms with Crippen molar-refractivity contribution in [1.29, 1.82) is 0 Å². The summed E-state index contributed by atoms with van der Waals surface area (Å²) in [6, 6.07) is 26.2. The van der Waals surface area contributed by atoms with Crippen LogP contribution in [0.4, 0.5) is 0 Å². The van der Waals surface area contributed by atoms with Gasteiger partial charge in [-0.25, -0.2) is 0 Å². The minimum absolute atomic E-state index is 0.0183. The van der Waals surface area contributed by atoms with Crippen LogP contribution >= 0.6 is 0 Å². The van der Waals surface area contributed by atoms with E-state index in [4.69, 9.17) is 4.43 Å². The number of rotatable bonds is 1. The Bertz CT molecular complexity index is 924. The lowest BCUT2D eigenvalue weighted by Crippen LogP contribution is -2.70. The zero-order valence-electron chi connectivity index (χ0n) is 15.3. The number of fused-ring (bicyclic) bond motifs is 3. The smallest absolute Gasteiger partial charge is 0.320 e. The Hall–Kier alpha value is -2.32. The maximum Gasteiger partial charge on any atom is 0.320 e. The molecule has 3 aromatic carbocycles. The van der Waals surface area contributed by atoms with Crippen LogP contribution in [0.2, 0.25) is 5.04 Å². The molecule has 126 valence electrons. The highest BCUT2D eigenvalue weighted by atomic mass is 28.4. The largest absolute Gasteiger partial charge is 0.534 e. The highest BCUT2D eigenvalue weighted by Gasteiger charge is 2.55. The number of aryl methyl sites for hydroxylation is 1. The molecule has 1 heterocycles. The lowest BCUT2D eigenvalue weighted by molar-refractivity contribution is 0.506. The van der Waals surface area contributed by atoms with E-state index in [0.717, 1.165) is 5.75 Å². The number of hydrogen-bond donors (Lipinski definition) is 0. The maximum atomic E-state index is 6.99. The summed E-state index contributed by atoms with van der Waals surface area (Å²) in [5.41, 5.74) is 3.83. The van der Waals surface area contributed by atoms with Gasteiger partial charge in [-0.05, 0) is 34.0 Å². The van der Waals surface area contributed by atoms with E-state index in [0.29, 0.717) is 0 Å². The van der Waals surface area contributed by atoms with Crippen molar-refractivity contribution < 1.29 is 4.43 Å². The lowest BCUT2D eigenvalue weighted by Gasteiger charge is -2.46. The summed E-state index contributed by atoms with van der Waals surface area (Å²) in [6.45, 7) is 9.15. The van der Waals surface area contributed by atoms with Crippen molar-refractivity contribution in [1.82, 2.24) is 0 Å². The first-order chi connectivity index (χ1) is 11.9. The summed E-state index contributed by atoms with van der Waals surface area (Å²) < 4.78 is 6.99. The van der Waals surface area contributed by atoms with Gasteiger partial charge < -0.3 is 4.43 Å². The molecule has 0 aromatic heterocycles. The minimum Gasteiger partial charge on any atom is -0.534 e. The third-order valence-corrected chi connectivity index (χ3v) is 10.2. The van der Waals surface area contributed by atoms with Crippen LogP contribution in [-0.2, 0) is 0 Å². The van der Waals surface area contributed by atoms with Gasteiger partial charge in [0.05, 0.1) is 0 Å². The number of para-hydroxylation sites is 1. The highest BCUT2D eigenvalue weighted by molar-refractivity contribution is 7.01. The van der Waals surface area contributed by atoms with Gasteiger partial charge in [0, 0.05) is 5.56 Å². The lowest BCUT2D eigenvalue weighted by atomic mass is 10.0. The van der Waals surface area contributed by atoms with Crippen LogP contribution in [0.5, 0.6) is 5.75 Å². The fourth-order valence-corrected chi connectivity index (χ4v) is 8.78. The maximum absolute atomic E-state index is 6.99. The van der Waals surface area contributed by atoms with E-state index in [1.165, 1.54) is 27.1 Å². The van der Waals surface area contributed by atoms with Crippen LogP contribution in [0.15, 0.2) is 72.8 Å². The van der Waals surface area contributed by atoms with Crippen molar-refractivity contribution in [2.75, 3.05) is 0 Å². The molecule has 2 heteroatoms. The Morgan fingerprint density at radius 3 is 2.16 bits per heavy atom. The fraction of sp³-hybridized carbons (Fsp3) is 0.217. The van der Waals surface area contributed by atoms with E-state index in [-0.39, 0.29) is 5.04 Å². The third kappa shape index (κ3) is 2.36. The first-order valence-electron chi connectivity index (χ1n) is 8.88. The Morgan fingerprint density at radius 1 is 0.760 bits per heavy atom. The van der Waals surface area contributed by atoms with Gasteiger partial charge in [0.2, 0.25) is 0 Å². The molecule has 0 amide bonds. The van der Waals surface area contributed by atoms with Gasteiger partial charge in [0.1, 0.15) is 5.75 Å².